The van der Waals surface area contributed by atoms with Crippen LogP contribution in [0.3, 0.4) is 0 Å². The number of guanidine groups is 1. The first-order valence-corrected chi connectivity index (χ1v) is 11.6. The fourth-order valence-electron chi connectivity index (χ4n) is 4.37. The molecule has 2 heterocycles. The second-order valence-corrected chi connectivity index (χ2v) is 8.30. The Kier molecular flexibility index (Phi) is 10.2. The van der Waals surface area contributed by atoms with E-state index in [1.807, 2.05) is 31.6 Å². The Hall–Kier alpha value is -2.59. The second kappa shape index (κ2) is 13.3. The van der Waals surface area contributed by atoms with Crippen LogP contribution in [-0.2, 0) is 13.1 Å². The van der Waals surface area contributed by atoms with Gasteiger partial charge >= 0.3 is 0 Å². The number of nitrogens with one attached hydrogen (secondary N) is 2. The average Bonchev–Trinajstić information content (AvgIpc) is 3.55. The highest BCUT2D eigenvalue weighted by atomic mass is 127. The lowest BCUT2D eigenvalue weighted by atomic mass is 10.1. The molecule has 1 fully saturated rings. The van der Waals surface area contributed by atoms with Crippen molar-refractivity contribution in [2.75, 3.05) is 33.8 Å². The van der Waals surface area contributed by atoms with Crippen molar-refractivity contribution in [3.8, 4) is 5.75 Å². The number of aromatic nitrogens is 2. The molecule has 34 heavy (non-hydrogen) atoms. The second-order valence-electron chi connectivity index (χ2n) is 8.30. The molecular formula is C26H35IN6O. The summed E-state index contributed by atoms with van der Waals surface area (Å²) in [4.78, 5) is 11.5. The molecule has 1 saturated heterocycles. The van der Waals surface area contributed by atoms with Crippen LogP contribution in [0.4, 0.5) is 0 Å². The van der Waals surface area contributed by atoms with Crippen molar-refractivity contribution >= 4 is 29.9 Å². The van der Waals surface area contributed by atoms with Crippen molar-refractivity contribution in [1.29, 1.82) is 0 Å². The Bertz CT molecular complexity index is 1030. The van der Waals surface area contributed by atoms with E-state index in [2.05, 4.69) is 72.5 Å². The van der Waals surface area contributed by atoms with Crippen molar-refractivity contribution in [2.45, 2.75) is 32.0 Å². The number of hydrogen-bond acceptors (Lipinski definition) is 4. The first kappa shape index (κ1) is 26.0. The van der Waals surface area contributed by atoms with Crippen LogP contribution in [0.5, 0.6) is 5.75 Å². The van der Waals surface area contributed by atoms with E-state index in [0.29, 0.717) is 6.54 Å². The lowest BCUT2D eigenvalue weighted by Gasteiger charge is -2.29. The van der Waals surface area contributed by atoms with Crippen molar-refractivity contribution < 1.29 is 4.74 Å². The van der Waals surface area contributed by atoms with Gasteiger partial charge in [0.05, 0.1) is 19.7 Å². The topological polar surface area (TPSA) is 66.7 Å². The van der Waals surface area contributed by atoms with E-state index < -0.39 is 0 Å². The minimum atomic E-state index is 0. The number of nitrogens with zero attached hydrogens (tertiary/aromatic N) is 4. The van der Waals surface area contributed by atoms with Gasteiger partial charge in [0.1, 0.15) is 11.6 Å². The molecule has 0 amide bonds. The fraction of sp³-hybridized carbons (Fsp3) is 0.385. The van der Waals surface area contributed by atoms with Crippen LogP contribution < -0.4 is 15.4 Å². The van der Waals surface area contributed by atoms with Gasteiger partial charge < -0.3 is 19.9 Å². The maximum atomic E-state index is 5.46. The van der Waals surface area contributed by atoms with Crippen LogP contribution in [0, 0.1) is 0 Å². The molecule has 1 aromatic heterocycles. The normalized spacial score (nSPS) is 14.9. The van der Waals surface area contributed by atoms with Crippen LogP contribution in [0.2, 0.25) is 0 Å². The molecule has 0 bridgehead atoms. The minimum absolute atomic E-state index is 0. The SMILES string of the molecule is CN=C(NCc1nccn1Cc1ccccc1)NCC(c1cccc(OC)c1)N1CCCC1.I. The summed E-state index contributed by atoms with van der Waals surface area (Å²) in [5, 5.41) is 6.96. The zero-order valence-corrected chi connectivity index (χ0v) is 22.3. The van der Waals surface area contributed by atoms with Gasteiger partial charge in [0, 0.05) is 32.5 Å². The van der Waals surface area contributed by atoms with Gasteiger partial charge in [0.15, 0.2) is 5.96 Å². The molecule has 4 rings (SSSR count). The third kappa shape index (κ3) is 6.96. The zero-order valence-electron chi connectivity index (χ0n) is 20.0. The molecule has 2 aromatic carbocycles. The van der Waals surface area contributed by atoms with E-state index in [1.54, 1.807) is 7.11 Å². The summed E-state index contributed by atoms with van der Waals surface area (Å²) in [5.74, 6) is 2.64. The van der Waals surface area contributed by atoms with Gasteiger partial charge in [-0.2, -0.15) is 0 Å². The smallest absolute Gasteiger partial charge is 0.191 e. The molecule has 8 heteroatoms. The number of rotatable bonds is 9. The summed E-state index contributed by atoms with van der Waals surface area (Å²) in [6.07, 6.45) is 6.36. The standard InChI is InChI=1S/C26H34N6O.HI/c1-27-26(30-19-25-28-13-16-32(25)20-21-9-4-3-5-10-21)29-18-24(31-14-6-7-15-31)22-11-8-12-23(17-22)33-2;/h3-5,8-13,16-17,24H,6-7,14-15,18-20H2,1-2H3,(H2,27,29,30);1H. The van der Waals surface area contributed by atoms with Crippen molar-refractivity contribution in [3.05, 3.63) is 83.9 Å². The Morgan fingerprint density at radius 3 is 2.62 bits per heavy atom. The van der Waals surface area contributed by atoms with E-state index in [0.717, 1.165) is 43.7 Å². The number of hydrogen-bond donors (Lipinski definition) is 2. The van der Waals surface area contributed by atoms with E-state index in [1.165, 1.54) is 24.0 Å². The highest BCUT2D eigenvalue weighted by Gasteiger charge is 2.24. The van der Waals surface area contributed by atoms with Crippen molar-refractivity contribution in [3.63, 3.8) is 0 Å². The minimum Gasteiger partial charge on any atom is -0.497 e. The predicted molar refractivity (Wildman–Crippen MR) is 148 cm³/mol. The van der Waals surface area contributed by atoms with E-state index in [4.69, 9.17) is 4.74 Å². The van der Waals surface area contributed by atoms with E-state index >= 15 is 0 Å². The molecule has 0 aliphatic carbocycles. The Balaban J connectivity index is 0.00000324. The van der Waals surface area contributed by atoms with Gasteiger partial charge in [-0.15, -0.1) is 24.0 Å². The van der Waals surface area contributed by atoms with Crippen LogP contribution >= 0.6 is 24.0 Å². The van der Waals surface area contributed by atoms with Gasteiger partial charge in [0.2, 0.25) is 0 Å². The molecule has 182 valence electrons. The first-order chi connectivity index (χ1) is 16.3. The number of methoxy groups -OCH3 is 1. The number of halogens is 1. The summed E-state index contributed by atoms with van der Waals surface area (Å²) < 4.78 is 7.63. The highest BCUT2D eigenvalue weighted by Crippen LogP contribution is 2.27. The molecule has 0 radical (unpaired) electrons. The molecule has 1 aliphatic heterocycles. The van der Waals surface area contributed by atoms with Crippen molar-refractivity contribution in [1.82, 2.24) is 25.1 Å². The maximum absolute atomic E-state index is 5.46. The Labute approximate surface area is 219 Å². The summed E-state index contributed by atoms with van der Waals surface area (Å²) in [6, 6.07) is 19.1. The average molecular weight is 575 g/mol. The molecular weight excluding hydrogens is 539 g/mol. The monoisotopic (exact) mass is 574 g/mol. The molecule has 1 unspecified atom stereocenters. The van der Waals surface area contributed by atoms with Gasteiger partial charge in [-0.05, 0) is 49.2 Å². The molecule has 3 aromatic rings. The molecule has 1 aliphatic rings. The van der Waals surface area contributed by atoms with Gasteiger partial charge in [-0.25, -0.2) is 4.98 Å². The van der Waals surface area contributed by atoms with Crippen LogP contribution in [0.1, 0.15) is 35.8 Å². The third-order valence-corrected chi connectivity index (χ3v) is 6.16. The number of benzene rings is 2. The van der Waals surface area contributed by atoms with Gasteiger partial charge in [-0.3, -0.25) is 9.89 Å². The number of imidazole rings is 1. The lowest BCUT2D eigenvalue weighted by Crippen LogP contribution is -2.42. The maximum Gasteiger partial charge on any atom is 0.191 e. The number of aliphatic imine (C=N–C) groups is 1. The molecule has 1 atom stereocenters. The molecule has 0 saturated carbocycles. The third-order valence-electron chi connectivity index (χ3n) is 6.16. The summed E-state index contributed by atoms with van der Waals surface area (Å²) in [5.41, 5.74) is 2.52. The summed E-state index contributed by atoms with van der Waals surface area (Å²) >= 11 is 0. The molecule has 7 nitrogen and oxygen atoms in total. The quantitative estimate of drug-likeness (QED) is 0.229. The van der Waals surface area contributed by atoms with Gasteiger partial charge in [-0.1, -0.05) is 42.5 Å². The van der Waals surface area contributed by atoms with Crippen LogP contribution in [0.25, 0.3) is 0 Å². The Morgan fingerprint density at radius 2 is 1.88 bits per heavy atom. The largest absolute Gasteiger partial charge is 0.497 e. The van der Waals surface area contributed by atoms with Crippen molar-refractivity contribution in [2.24, 2.45) is 4.99 Å². The highest BCUT2D eigenvalue weighted by molar-refractivity contribution is 14.0. The van der Waals surface area contributed by atoms with E-state index in [-0.39, 0.29) is 30.0 Å². The number of likely N-dealkylation sites (tertiary alicyclic amines) is 1. The zero-order chi connectivity index (χ0) is 22.9. The summed E-state index contributed by atoms with van der Waals surface area (Å²) in [6.45, 7) is 4.41. The summed E-state index contributed by atoms with van der Waals surface area (Å²) in [7, 11) is 3.53. The molecule has 2 N–H and O–H groups in total. The number of ether oxygens (including phenoxy) is 1. The first-order valence-electron chi connectivity index (χ1n) is 11.6. The van der Waals surface area contributed by atoms with Crippen LogP contribution in [-0.4, -0.2) is 54.2 Å². The predicted octanol–water partition coefficient (Wildman–Crippen LogP) is 4.06. The fourth-order valence-corrected chi connectivity index (χ4v) is 4.37. The Morgan fingerprint density at radius 1 is 1.09 bits per heavy atom. The molecule has 0 spiro atoms. The van der Waals surface area contributed by atoms with E-state index in [9.17, 15) is 0 Å². The van der Waals surface area contributed by atoms with Gasteiger partial charge in [0.25, 0.3) is 0 Å². The lowest BCUT2D eigenvalue weighted by molar-refractivity contribution is 0.245. The van der Waals surface area contributed by atoms with Crippen LogP contribution in [0.15, 0.2) is 72.0 Å².